The second-order valence-electron chi connectivity index (χ2n) is 5.72. The van der Waals surface area contributed by atoms with Crippen molar-refractivity contribution in [3.8, 4) is 22.8 Å². The summed E-state index contributed by atoms with van der Waals surface area (Å²) in [6.07, 6.45) is 1.78. The first-order valence-electron chi connectivity index (χ1n) is 6.65. The van der Waals surface area contributed by atoms with Crippen LogP contribution in [0.3, 0.4) is 0 Å². The second kappa shape index (κ2) is 5.53. The summed E-state index contributed by atoms with van der Waals surface area (Å²) in [4.78, 5) is 4.39. The number of benzene rings is 1. The topological polar surface area (TPSA) is 31.4 Å². The third-order valence-electron chi connectivity index (χ3n) is 3.27. The van der Waals surface area contributed by atoms with Gasteiger partial charge in [-0.2, -0.15) is 0 Å². The molecule has 0 aliphatic carbocycles. The average molecular weight is 271 g/mol. The summed E-state index contributed by atoms with van der Waals surface area (Å²) in [5, 5.41) is 0. The van der Waals surface area contributed by atoms with Gasteiger partial charge in [0.15, 0.2) is 0 Å². The first-order valence-corrected chi connectivity index (χ1v) is 6.65. The summed E-state index contributed by atoms with van der Waals surface area (Å²) in [6, 6.07) is 9.88. The van der Waals surface area contributed by atoms with Crippen LogP contribution in [0.5, 0.6) is 11.5 Å². The van der Waals surface area contributed by atoms with Crippen molar-refractivity contribution in [2.75, 3.05) is 14.2 Å². The quantitative estimate of drug-likeness (QED) is 0.843. The molecule has 0 saturated heterocycles. The Morgan fingerprint density at radius 2 is 1.65 bits per heavy atom. The molecule has 0 saturated carbocycles. The molecule has 0 aliphatic heterocycles. The van der Waals surface area contributed by atoms with E-state index in [4.69, 9.17) is 9.47 Å². The molecule has 2 aromatic rings. The van der Waals surface area contributed by atoms with Gasteiger partial charge >= 0.3 is 0 Å². The molecule has 20 heavy (non-hydrogen) atoms. The van der Waals surface area contributed by atoms with Crippen LogP contribution < -0.4 is 9.47 Å². The van der Waals surface area contributed by atoms with Crippen LogP contribution >= 0.6 is 0 Å². The van der Waals surface area contributed by atoms with Crippen molar-refractivity contribution in [2.45, 2.75) is 26.2 Å². The molecule has 0 unspecified atom stereocenters. The standard InChI is InChI=1S/C17H21NO2/c1-17(2,3)13-11-15(19-4)12(10-16(13)20-5)14-8-6-7-9-18-14/h6-11H,1-5H3. The van der Waals surface area contributed by atoms with Gasteiger partial charge < -0.3 is 9.47 Å². The summed E-state index contributed by atoms with van der Waals surface area (Å²) in [5.41, 5.74) is 2.93. The molecule has 0 N–H and O–H groups in total. The highest BCUT2D eigenvalue weighted by Gasteiger charge is 2.22. The maximum absolute atomic E-state index is 5.55. The Labute approximate surface area is 120 Å². The lowest BCUT2D eigenvalue weighted by Crippen LogP contribution is -2.13. The Kier molecular flexibility index (Phi) is 3.98. The Morgan fingerprint density at radius 3 is 2.15 bits per heavy atom. The highest BCUT2D eigenvalue weighted by atomic mass is 16.5. The van der Waals surface area contributed by atoms with Gasteiger partial charge in [-0.05, 0) is 29.7 Å². The van der Waals surface area contributed by atoms with E-state index in [0.717, 1.165) is 28.3 Å². The van der Waals surface area contributed by atoms with Gasteiger partial charge in [0.05, 0.1) is 19.9 Å². The molecule has 0 atom stereocenters. The van der Waals surface area contributed by atoms with Gasteiger partial charge in [-0.1, -0.05) is 26.8 Å². The third-order valence-corrected chi connectivity index (χ3v) is 3.27. The van der Waals surface area contributed by atoms with Gasteiger partial charge in [0.1, 0.15) is 11.5 Å². The van der Waals surface area contributed by atoms with Crippen LogP contribution in [0.25, 0.3) is 11.3 Å². The summed E-state index contributed by atoms with van der Waals surface area (Å²) in [5.74, 6) is 1.67. The number of methoxy groups -OCH3 is 2. The maximum atomic E-state index is 5.55. The fraction of sp³-hybridized carbons (Fsp3) is 0.353. The van der Waals surface area contributed by atoms with E-state index in [1.54, 1.807) is 20.4 Å². The molecule has 0 fully saturated rings. The van der Waals surface area contributed by atoms with E-state index < -0.39 is 0 Å². The van der Waals surface area contributed by atoms with Crippen LogP contribution in [0.15, 0.2) is 36.5 Å². The molecule has 0 aliphatic rings. The summed E-state index contributed by atoms with van der Waals surface area (Å²) in [6.45, 7) is 6.47. The molecule has 106 valence electrons. The summed E-state index contributed by atoms with van der Waals surface area (Å²) in [7, 11) is 3.37. The Balaban J connectivity index is 2.65. The molecule has 1 heterocycles. The van der Waals surface area contributed by atoms with E-state index in [1.807, 2.05) is 30.3 Å². The molecule has 0 radical (unpaired) electrons. The van der Waals surface area contributed by atoms with E-state index in [-0.39, 0.29) is 5.41 Å². The van der Waals surface area contributed by atoms with Gasteiger partial charge in [0.25, 0.3) is 0 Å². The zero-order valence-corrected chi connectivity index (χ0v) is 12.7. The number of ether oxygens (including phenoxy) is 2. The van der Waals surface area contributed by atoms with Gasteiger partial charge in [-0.3, -0.25) is 4.98 Å². The van der Waals surface area contributed by atoms with Crippen molar-refractivity contribution < 1.29 is 9.47 Å². The van der Waals surface area contributed by atoms with E-state index in [1.165, 1.54) is 0 Å². The molecule has 0 amide bonds. The summed E-state index contributed by atoms with van der Waals surface area (Å²) < 4.78 is 11.1. The van der Waals surface area contributed by atoms with Crippen molar-refractivity contribution >= 4 is 0 Å². The number of pyridine rings is 1. The van der Waals surface area contributed by atoms with Crippen LogP contribution in [0.4, 0.5) is 0 Å². The Bertz CT molecular complexity index is 586. The largest absolute Gasteiger partial charge is 0.496 e. The third kappa shape index (κ3) is 2.77. The minimum atomic E-state index is -0.0126. The van der Waals surface area contributed by atoms with Crippen LogP contribution in [-0.2, 0) is 5.41 Å². The molecular weight excluding hydrogens is 250 g/mol. The molecule has 3 nitrogen and oxygen atoms in total. The van der Waals surface area contributed by atoms with Crippen molar-refractivity contribution in [2.24, 2.45) is 0 Å². The lowest BCUT2D eigenvalue weighted by molar-refractivity contribution is 0.389. The fourth-order valence-electron chi connectivity index (χ4n) is 2.21. The van der Waals surface area contributed by atoms with Crippen LogP contribution in [0.2, 0.25) is 0 Å². The molecule has 0 spiro atoms. The van der Waals surface area contributed by atoms with Crippen LogP contribution in [0, 0.1) is 0 Å². The van der Waals surface area contributed by atoms with Crippen molar-refractivity contribution in [1.82, 2.24) is 4.98 Å². The van der Waals surface area contributed by atoms with Crippen LogP contribution in [-0.4, -0.2) is 19.2 Å². The lowest BCUT2D eigenvalue weighted by Gasteiger charge is -2.24. The van der Waals surface area contributed by atoms with Crippen molar-refractivity contribution in [3.63, 3.8) is 0 Å². The lowest BCUT2D eigenvalue weighted by atomic mass is 9.85. The SMILES string of the molecule is COc1cc(C(C)(C)C)c(OC)cc1-c1ccccn1. The highest BCUT2D eigenvalue weighted by Crippen LogP contribution is 2.40. The minimum Gasteiger partial charge on any atom is -0.496 e. The van der Waals surface area contributed by atoms with Gasteiger partial charge in [-0.25, -0.2) is 0 Å². The summed E-state index contributed by atoms with van der Waals surface area (Å²) >= 11 is 0. The fourth-order valence-corrected chi connectivity index (χ4v) is 2.21. The molecule has 3 heteroatoms. The highest BCUT2D eigenvalue weighted by molar-refractivity contribution is 5.71. The second-order valence-corrected chi connectivity index (χ2v) is 5.72. The molecular formula is C17H21NO2. The first-order chi connectivity index (χ1) is 9.47. The molecule has 1 aromatic heterocycles. The van der Waals surface area contributed by atoms with Crippen LogP contribution in [0.1, 0.15) is 26.3 Å². The Morgan fingerprint density at radius 1 is 0.950 bits per heavy atom. The maximum Gasteiger partial charge on any atom is 0.128 e. The first kappa shape index (κ1) is 14.4. The zero-order valence-electron chi connectivity index (χ0n) is 12.7. The molecule has 0 bridgehead atoms. The Hall–Kier alpha value is -2.03. The zero-order chi connectivity index (χ0) is 14.8. The van der Waals surface area contributed by atoms with Gasteiger partial charge in [0.2, 0.25) is 0 Å². The number of rotatable bonds is 3. The predicted molar refractivity (Wildman–Crippen MR) is 81.5 cm³/mol. The minimum absolute atomic E-state index is 0.0126. The van der Waals surface area contributed by atoms with E-state index >= 15 is 0 Å². The average Bonchev–Trinajstić information content (AvgIpc) is 2.45. The molecule has 1 aromatic carbocycles. The van der Waals surface area contributed by atoms with Gasteiger partial charge in [-0.15, -0.1) is 0 Å². The van der Waals surface area contributed by atoms with Crippen molar-refractivity contribution in [3.05, 3.63) is 42.1 Å². The number of nitrogens with zero attached hydrogens (tertiary/aromatic N) is 1. The van der Waals surface area contributed by atoms with Crippen molar-refractivity contribution in [1.29, 1.82) is 0 Å². The normalized spacial score (nSPS) is 11.2. The number of hydrogen-bond donors (Lipinski definition) is 0. The predicted octanol–water partition coefficient (Wildman–Crippen LogP) is 4.06. The number of hydrogen-bond acceptors (Lipinski definition) is 3. The number of aromatic nitrogens is 1. The smallest absolute Gasteiger partial charge is 0.128 e. The van der Waals surface area contributed by atoms with E-state index in [0.29, 0.717) is 0 Å². The van der Waals surface area contributed by atoms with E-state index in [2.05, 4.69) is 25.8 Å². The van der Waals surface area contributed by atoms with Gasteiger partial charge in [0, 0.05) is 17.3 Å². The monoisotopic (exact) mass is 271 g/mol. The molecule has 2 rings (SSSR count). The van der Waals surface area contributed by atoms with E-state index in [9.17, 15) is 0 Å².